The lowest BCUT2D eigenvalue weighted by atomic mass is 10.2. The van der Waals surface area contributed by atoms with Crippen LogP contribution in [-0.4, -0.2) is 49.7 Å². The molecule has 70 valence electrons. The van der Waals surface area contributed by atoms with E-state index in [2.05, 4.69) is 0 Å². The van der Waals surface area contributed by atoms with Crippen molar-refractivity contribution in [2.75, 3.05) is 27.7 Å². The first-order valence-corrected chi connectivity index (χ1v) is 4.18. The van der Waals surface area contributed by atoms with Gasteiger partial charge in [0.05, 0.1) is 7.11 Å². The van der Waals surface area contributed by atoms with Crippen molar-refractivity contribution in [1.82, 2.24) is 9.96 Å². The van der Waals surface area contributed by atoms with Crippen LogP contribution >= 0.6 is 0 Å². The molecule has 1 aliphatic heterocycles. The first-order chi connectivity index (χ1) is 5.66. The number of likely N-dealkylation sites (N-methyl/N-ethyl adjacent to an activating group) is 1. The molecule has 0 aromatic heterocycles. The van der Waals surface area contributed by atoms with Gasteiger partial charge in [0, 0.05) is 20.6 Å². The molecule has 0 bridgehead atoms. The average molecular weight is 172 g/mol. The number of hydrogen-bond donors (Lipinski definition) is 0. The maximum absolute atomic E-state index is 11.5. The molecule has 12 heavy (non-hydrogen) atoms. The van der Waals surface area contributed by atoms with Crippen molar-refractivity contribution >= 4 is 5.91 Å². The van der Waals surface area contributed by atoms with E-state index in [9.17, 15) is 4.79 Å². The van der Waals surface area contributed by atoms with Crippen LogP contribution in [0.5, 0.6) is 0 Å². The highest BCUT2D eigenvalue weighted by molar-refractivity contribution is 5.81. The summed E-state index contributed by atoms with van der Waals surface area (Å²) in [6.45, 7) is 0.862. The number of carbonyl (C=O) groups excluding carboxylic acids is 1. The van der Waals surface area contributed by atoms with Crippen molar-refractivity contribution in [3.8, 4) is 0 Å². The van der Waals surface area contributed by atoms with Gasteiger partial charge >= 0.3 is 0 Å². The van der Waals surface area contributed by atoms with Crippen molar-refractivity contribution in [2.45, 2.75) is 18.9 Å². The predicted octanol–water partition coefficient (Wildman–Crippen LogP) is 0.100. The Hall–Kier alpha value is -0.610. The second kappa shape index (κ2) is 3.87. The third-order valence-corrected chi connectivity index (χ3v) is 2.16. The van der Waals surface area contributed by atoms with Crippen molar-refractivity contribution in [3.63, 3.8) is 0 Å². The number of nitrogens with zero attached hydrogens (tertiary/aromatic N) is 2. The second-order valence-corrected chi connectivity index (χ2v) is 3.21. The van der Waals surface area contributed by atoms with Gasteiger partial charge in [-0.1, -0.05) is 0 Å². The Balaban J connectivity index is 2.55. The predicted molar refractivity (Wildman–Crippen MR) is 45.4 cm³/mol. The lowest BCUT2D eigenvalue weighted by molar-refractivity contribution is -0.165. The molecule has 0 aromatic rings. The van der Waals surface area contributed by atoms with Gasteiger partial charge in [-0.3, -0.25) is 4.79 Å². The van der Waals surface area contributed by atoms with Gasteiger partial charge in [0.1, 0.15) is 6.04 Å². The summed E-state index contributed by atoms with van der Waals surface area (Å²) in [4.78, 5) is 18.2. The molecule has 1 aliphatic rings. The van der Waals surface area contributed by atoms with Crippen LogP contribution in [0.25, 0.3) is 0 Å². The molecule has 4 heteroatoms. The largest absolute Gasteiger partial charge is 0.347 e. The zero-order chi connectivity index (χ0) is 9.14. The number of amides is 1. The van der Waals surface area contributed by atoms with E-state index in [1.165, 1.54) is 0 Å². The van der Waals surface area contributed by atoms with E-state index in [4.69, 9.17) is 4.84 Å². The maximum Gasteiger partial charge on any atom is 0.241 e. The maximum atomic E-state index is 11.5. The number of rotatable bonds is 2. The molecule has 0 N–H and O–H groups in total. The topological polar surface area (TPSA) is 32.8 Å². The number of hydrogen-bond acceptors (Lipinski definition) is 3. The van der Waals surface area contributed by atoms with Gasteiger partial charge in [-0.25, -0.2) is 0 Å². The van der Waals surface area contributed by atoms with E-state index in [1.807, 2.05) is 0 Å². The third-order valence-electron chi connectivity index (χ3n) is 2.16. The molecule has 1 saturated heterocycles. The fourth-order valence-corrected chi connectivity index (χ4v) is 1.50. The summed E-state index contributed by atoms with van der Waals surface area (Å²) < 4.78 is 0. The summed E-state index contributed by atoms with van der Waals surface area (Å²) >= 11 is 0. The van der Waals surface area contributed by atoms with Gasteiger partial charge in [0.25, 0.3) is 0 Å². The summed E-state index contributed by atoms with van der Waals surface area (Å²) in [5, 5.41) is 1.75. The monoisotopic (exact) mass is 172 g/mol. The van der Waals surface area contributed by atoms with Crippen molar-refractivity contribution < 1.29 is 9.63 Å². The first-order valence-electron chi connectivity index (χ1n) is 4.18. The standard InChI is InChI=1S/C8H16N2O2/c1-9(2)8(11)7-5-4-6-10(7)12-3/h7H,4-6H2,1-3H3/t7-/m0/s1. The van der Waals surface area contributed by atoms with E-state index in [0.29, 0.717) is 0 Å². The average Bonchev–Trinajstić information content (AvgIpc) is 2.49. The minimum atomic E-state index is -0.0648. The second-order valence-electron chi connectivity index (χ2n) is 3.21. The van der Waals surface area contributed by atoms with Gasteiger partial charge in [-0.2, -0.15) is 5.06 Å². The Morgan fingerprint density at radius 2 is 2.25 bits per heavy atom. The van der Waals surface area contributed by atoms with E-state index >= 15 is 0 Å². The quantitative estimate of drug-likeness (QED) is 0.592. The molecule has 0 unspecified atom stereocenters. The normalized spacial score (nSPS) is 24.4. The number of carbonyl (C=O) groups is 1. The Morgan fingerprint density at radius 3 is 2.75 bits per heavy atom. The van der Waals surface area contributed by atoms with Crippen LogP contribution in [0.3, 0.4) is 0 Å². The SMILES string of the molecule is CON1CCC[C@H]1C(=O)N(C)C. The van der Waals surface area contributed by atoms with Gasteiger partial charge in [0.15, 0.2) is 0 Å². The highest BCUT2D eigenvalue weighted by Crippen LogP contribution is 2.17. The summed E-state index contributed by atoms with van der Waals surface area (Å²) in [6, 6.07) is -0.0648. The van der Waals surface area contributed by atoms with E-state index in [0.717, 1.165) is 19.4 Å². The summed E-state index contributed by atoms with van der Waals surface area (Å²) in [5.74, 6) is 0.134. The first kappa shape index (κ1) is 9.48. The van der Waals surface area contributed by atoms with Crippen LogP contribution in [0.15, 0.2) is 0 Å². The van der Waals surface area contributed by atoms with Crippen LogP contribution in [-0.2, 0) is 9.63 Å². The minimum absolute atomic E-state index is 0.0648. The lowest BCUT2D eigenvalue weighted by Crippen LogP contribution is -2.42. The summed E-state index contributed by atoms with van der Waals surface area (Å²) in [5.41, 5.74) is 0. The van der Waals surface area contributed by atoms with Crippen molar-refractivity contribution in [1.29, 1.82) is 0 Å². The molecule has 1 fully saturated rings. The zero-order valence-corrected chi connectivity index (χ0v) is 7.91. The third kappa shape index (κ3) is 1.76. The Morgan fingerprint density at radius 1 is 1.58 bits per heavy atom. The molecule has 0 radical (unpaired) electrons. The molecule has 1 atom stereocenters. The molecule has 1 rings (SSSR count). The van der Waals surface area contributed by atoms with Gasteiger partial charge in [-0.05, 0) is 12.8 Å². The van der Waals surface area contributed by atoms with Crippen LogP contribution in [0.4, 0.5) is 0 Å². The van der Waals surface area contributed by atoms with E-state index in [-0.39, 0.29) is 11.9 Å². The molecule has 0 aliphatic carbocycles. The summed E-state index contributed by atoms with van der Waals surface area (Å²) in [7, 11) is 5.16. The lowest BCUT2D eigenvalue weighted by Gasteiger charge is -2.23. The highest BCUT2D eigenvalue weighted by Gasteiger charge is 2.31. The molecule has 0 aromatic carbocycles. The van der Waals surface area contributed by atoms with Gasteiger partial charge in [-0.15, -0.1) is 0 Å². The fourth-order valence-electron chi connectivity index (χ4n) is 1.50. The van der Waals surface area contributed by atoms with Gasteiger partial charge in [0.2, 0.25) is 5.91 Å². The zero-order valence-electron chi connectivity index (χ0n) is 7.91. The highest BCUT2D eigenvalue weighted by atomic mass is 16.7. The molecule has 1 heterocycles. The van der Waals surface area contributed by atoms with Gasteiger partial charge < -0.3 is 9.74 Å². The smallest absolute Gasteiger partial charge is 0.241 e. The van der Waals surface area contributed by atoms with Crippen LogP contribution in [0.1, 0.15) is 12.8 Å². The molecule has 0 saturated carbocycles. The van der Waals surface area contributed by atoms with Crippen LogP contribution < -0.4 is 0 Å². The number of hydroxylamine groups is 2. The van der Waals surface area contributed by atoms with Crippen LogP contribution in [0.2, 0.25) is 0 Å². The van der Waals surface area contributed by atoms with Crippen molar-refractivity contribution in [2.24, 2.45) is 0 Å². The van der Waals surface area contributed by atoms with E-state index < -0.39 is 0 Å². The molecular weight excluding hydrogens is 156 g/mol. The van der Waals surface area contributed by atoms with Crippen molar-refractivity contribution in [3.05, 3.63) is 0 Å². The molecule has 4 nitrogen and oxygen atoms in total. The van der Waals surface area contributed by atoms with Crippen LogP contribution in [0, 0.1) is 0 Å². The summed E-state index contributed by atoms with van der Waals surface area (Å²) in [6.07, 6.45) is 1.95. The Bertz CT molecular complexity index is 170. The molecule has 0 spiro atoms. The molecule has 1 amide bonds. The minimum Gasteiger partial charge on any atom is -0.347 e. The Labute approximate surface area is 73.0 Å². The molecular formula is C8H16N2O2. The Kier molecular flexibility index (Phi) is 3.05. The van der Waals surface area contributed by atoms with E-state index in [1.54, 1.807) is 31.2 Å². The fraction of sp³-hybridized carbons (Fsp3) is 0.875.